The van der Waals surface area contributed by atoms with E-state index in [1.54, 1.807) is 5.57 Å². The van der Waals surface area contributed by atoms with Gasteiger partial charge in [-0.3, -0.25) is 4.90 Å². The van der Waals surface area contributed by atoms with E-state index in [4.69, 9.17) is 0 Å². The highest BCUT2D eigenvalue weighted by molar-refractivity contribution is 5.13. The summed E-state index contributed by atoms with van der Waals surface area (Å²) in [5, 5.41) is 0. The van der Waals surface area contributed by atoms with E-state index >= 15 is 0 Å². The summed E-state index contributed by atoms with van der Waals surface area (Å²) in [5.41, 5.74) is 3.03. The Morgan fingerprint density at radius 2 is 1.94 bits per heavy atom. The van der Waals surface area contributed by atoms with Crippen LogP contribution in [0.2, 0.25) is 0 Å². The third-order valence-corrected chi connectivity index (χ3v) is 4.54. The van der Waals surface area contributed by atoms with Crippen molar-refractivity contribution in [2.75, 3.05) is 39.3 Å². The summed E-state index contributed by atoms with van der Waals surface area (Å²) < 4.78 is 0. The molecule has 2 nitrogen and oxygen atoms in total. The predicted molar refractivity (Wildman–Crippen MR) is 78.8 cm³/mol. The Hall–Kier alpha value is -0.600. The molecule has 0 aromatic heterocycles. The van der Waals surface area contributed by atoms with Gasteiger partial charge >= 0.3 is 0 Å². The molecule has 18 heavy (non-hydrogen) atoms. The molecule has 0 aromatic carbocycles. The lowest BCUT2D eigenvalue weighted by molar-refractivity contribution is 0.144. The monoisotopic (exact) mass is 248 g/mol. The van der Waals surface area contributed by atoms with Gasteiger partial charge in [0.2, 0.25) is 0 Å². The Morgan fingerprint density at radius 3 is 2.44 bits per heavy atom. The number of likely N-dealkylation sites (N-methyl/N-ethyl adjacent to an activating group) is 1. The van der Waals surface area contributed by atoms with E-state index < -0.39 is 0 Å². The number of piperazine rings is 1. The zero-order chi connectivity index (χ0) is 13.0. The van der Waals surface area contributed by atoms with Crippen LogP contribution in [-0.4, -0.2) is 49.1 Å². The van der Waals surface area contributed by atoms with E-state index in [0.717, 1.165) is 5.92 Å². The van der Waals surface area contributed by atoms with Crippen molar-refractivity contribution in [3.8, 4) is 0 Å². The first kappa shape index (κ1) is 13.8. The Labute approximate surface area is 112 Å². The summed E-state index contributed by atoms with van der Waals surface area (Å²) in [4.78, 5) is 5.17. The molecule has 0 amide bonds. The number of allylic oxidation sites excluding steroid dienone is 2. The van der Waals surface area contributed by atoms with Gasteiger partial charge in [-0.05, 0) is 38.6 Å². The van der Waals surface area contributed by atoms with Gasteiger partial charge in [0, 0.05) is 32.7 Å². The van der Waals surface area contributed by atoms with Crippen LogP contribution in [0.15, 0.2) is 23.8 Å². The fourth-order valence-electron chi connectivity index (χ4n) is 3.03. The smallest absolute Gasteiger partial charge is 0.0193 e. The third-order valence-electron chi connectivity index (χ3n) is 4.54. The van der Waals surface area contributed by atoms with E-state index in [2.05, 4.69) is 36.3 Å². The van der Waals surface area contributed by atoms with Gasteiger partial charge in [0.25, 0.3) is 0 Å². The Morgan fingerprint density at radius 1 is 1.28 bits per heavy atom. The summed E-state index contributed by atoms with van der Waals surface area (Å²) in [7, 11) is 0. The van der Waals surface area contributed by atoms with Gasteiger partial charge in [-0.2, -0.15) is 0 Å². The zero-order valence-electron chi connectivity index (χ0n) is 12.1. The maximum Gasteiger partial charge on any atom is 0.0193 e. The molecule has 1 saturated heterocycles. The lowest BCUT2D eigenvalue weighted by atomic mass is 9.85. The molecule has 102 valence electrons. The number of nitrogens with zero attached hydrogens (tertiary/aromatic N) is 2. The van der Waals surface area contributed by atoms with E-state index in [1.165, 1.54) is 64.1 Å². The lowest BCUT2D eigenvalue weighted by Gasteiger charge is -2.35. The summed E-state index contributed by atoms with van der Waals surface area (Å²) in [6.45, 7) is 15.9. The SMILES string of the molecule is C=C(C)[C@@H]1CC=C(CN2CCN(CC)CC2)CC1. The maximum atomic E-state index is 4.09. The molecule has 0 bridgehead atoms. The van der Waals surface area contributed by atoms with Crippen LogP contribution in [0, 0.1) is 5.92 Å². The van der Waals surface area contributed by atoms with Crippen molar-refractivity contribution in [2.45, 2.75) is 33.1 Å². The molecule has 1 fully saturated rings. The normalized spacial score (nSPS) is 27.0. The molecule has 1 aliphatic heterocycles. The third kappa shape index (κ3) is 3.69. The molecule has 1 heterocycles. The van der Waals surface area contributed by atoms with Crippen LogP contribution >= 0.6 is 0 Å². The zero-order valence-corrected chi connectivity index (χ0v) is 12.1. The molecule has 0 aromatic rings. The highest BCUT2D eigenvalue weighted by atomic mass is 15.3. The average Bonchev–Trinajstić information content (AvgIpc) is 2.40. The highest BCUT2D eigenvalue weighted by Crippen LogP contribution is 2.28. The van der Waals surface area contributed by atoms with Crippen LogP contribution in [0.1, 0.15) is 33.1 Å². The van der Waals surface area contributed by atoms with Gasteiger partial charge in [0.05, 0.1) is 0 Å². The number of rotatable bonds is 4. The molecular formula is C16H28N2. The lowest BCUT2D eigenvalue weighted by Crippen LogP contribution is -2.46. The molecule has 0 saturated carbocycles. The van der Waals surface area contributed by atoms with Crippen LogP contribution < -0.4 is 0 Å². The summed E-state index contributed by atoms with van der Waals surface area (Å²) in [5.74, 6) is 0.741. The molecule has 0 N–H and O–H groups in total. The van der Waals surface area contributed by atoms with Crippen LogP contribution in [-0.2, 0) is 0 Å². The molecule has 0 spiro atoms. The minimum atomic E-state index is 0.741. The van der Waals surface area contributed by atoms with E-state index in [-0.39, 0.29) is 0 Å². The Balaban J connectivity index is 1.76. The first-order chi connectivity index (χ1) is 8.69. The van der Waals surface area contributed by atoms with Gasteiger partial charge < -0.3 is 4.90 Å². The summed E-state index contributed by atoms with van der Waals surface area (Å²) in [6, 6.07) is 0. The second-order valence-electron chi connectivity index (χ2n) is 5.89. The number of hydrogen-bond acceptors (Lipinski definition) is 2. The predicted octanol–water partition coefficient (Wildman–Crippen LogP) is 2.93. The second-order valence-corrected chi connectivity index (χ2v) is 5.89. The molecule has 0 unspecified atom stereocenters. The molecule has 0 radical (unpaired) electrons. The van der Waals surface area contributed by atoms with Gasteiger partial charge in [-0.25, -0.2) is 0 Å². The summed E-state index contributed by atoms with van der Waals surface area (Å²) in [6.07, 6.45) is 6.30. The first-order valence-electron chi connectivity index (χ1n) is 7.47. The summed E-state index contributed by atoms with van der Waals surface area (Å²) >= 11 is 0. The molecule has 2 heteroatoms. The fourth-order valence-corrected chi connectivity index (χ4v) is 3.03. The quantitative estimate of drug-likeness (QED) is 0.706. The van der Waals surface area contributed by atoms with Crippen molar-refractivity contribution >= 4 is 0 Å². The average molecular weight is 248 g/mol. The van der Waals surface area contributed by atoms with Crippen molar-refractivity contribution in [3.63, 3.8) is 0 Å². The standard InChI is InChI=1S/C16H28N2/c1-4-17-9-11-18(12-10-17)13-15-5-7-16(8-6-15)14(2)3/h5,16H,2,4,6-13H2,1,3H3/t16-/m1/s1. The Kier molecular flexibility index (Phi) is 5.02. The van der Waals surface area contributed by atoms with Gasteiger partial charge in [-0.15, -0.1) is 0 Å². The van der Waals surface area contributed by atoms with E-state index in [0.29, 0.717) is 0 Å². The maximum absolute atomic E-state index is 4.09. The first-order valence-corrected chi connectivity index (χ1v) is 7.47. The van der Waals surface area contributed by atoms with E-state index in [9.17, 15) is 0 Å². The second kappa shape index (κ2) is 6.53. The van der Waals surface area contributed by atoms with Crippen LogP contribution in [0.5, 0.6) is 0 Å². The van der Waals surface area contributed by atoms with Crippen LogP contribution in [0.25, 0.3) is 0 Å². The van der Waals surface area contributed by atoms with Gasteiger partial charge in [0.15, 0.2) is 0 Å². The van der Waals surface area contributed by atoms with Crippen molar-refractivity contribution in [1.82, 2.24) is 9.80 Å². The Bertz CT molecular complexity index is 311. The van der Waals surface area contributed by atoms with Gasteiger partial charge in [0.1, 0.15) is 0 Å². The largest absolute Gasteiger partial charge is 0.301 e. The van der Waals surface area contributed by atoms with Crippen molar-refractivity contribution in [2.24, 2.45) is 5.92 Å². The molecule has 1 atom stereocenters. The van der Waals surface area contributed by atoms with Gasteiger partial charge in [-0.1, -0.05) is 30.7 Å². The topological polar surface area (TPSA) is 6.48 Å². The minimum Gasteiger partial charge on any atom is -0.301 e. The minimum absolute atomic E-state index is 0.741. The van der Waals surface area contributed by atoms with Crippen molar-refractivity contribution in [3.05, 3.63) is 23.8 Å². The van der Waals surface area contributed by atoms with Crippen molar-refractivity contribution < 1.29 is 0 Å². The molecule has 2 aliphatic rings. The fraction of sp³-hybridized carbons (Fsp3) is 0.750. The van der Waals surface area contributed by atoms with Crippen LogP contribution in [0.3, 0.4) is 0 Å². The molecular weight excluding hydrogens is 220 g/mol. The van der Waals surface area contributed by atoms with E-state index in [1.807, 2.05) is 0 Å². The molecule has 1 aliphatic carbocycles. The molecule has 2 rings (SSSR count). The van der Waals surface area contributed by atoms with Crippen LogP contribution in [0.4, 0.5) is 0 Å². The van der Waals surface area contributed by atoms with Crippen molar-refractivity contribution in [1.29, 1.82) is 0 Å². The highest BCUT2D eigenvalue weighted by Gasteiger charge is 2.19. The number of hydrogen-bond donors (Lipinski definition) is 0.